The number of anilines is 9. The van der Waals surface area contributed by atoms with Gasteiger partial charge in [0, 0.05) is 126 Å². The normalized spacial score (nSPS) is 12.2. The van der Waals surface area contributed by atoms with Gasteiger partial charge in [-0.25, -0.2) is 24.5 Å². The highest BCUT2D eigenvalue weighted by molar-refractivity contribution is 6.21. The molecule has 11 rings (SSSR count). The molecule has 0 unspecified atom stereocenters. The maximum Gasteiger partial charge on any atom is 0.336 e. The van der Waals surface area contributed by atoms with E-state index in [9.17, 15) is 38.7 Å². The molecule has 4 heterocycles. The van der Waals surface area contributed by atoms with Crippen LogP contribution in [0.15, 0.2) is 140 Å². The molecule has 5 amide bonds. The summed E-state index contributed by atoms with van der Waals surface area (Å²) in [5, 5.41) is 36.5. The first-order valence-corrected chi connectivity index (χ1v) is 36.3. The molecule has 8 aromatic rings. The molecule has 0 atom stereocenters. The number of hydrogen-bond donors (Lipinski definition) is 9. The van der Waals surface area contributed by atoms with Gasteiger partial charge >= 0.3 is 11.9 Å². The van der Waals surface area contributed by atoms with Crippen molar-refractivity contribution in [3.05, 3.63) is 196 Å². The van der Waals surface area contributed by atoms with Crippen LogP contribution < -0.4 is 52.3 Å². The zero-order valence-corrected chi connectivity index (χ0v) is 61.7. The van der Waals surface area contributed by atoms with Crippen LogP contribution >= 0.6 is 0 Å². The third-order valence-electron chi connectivity index (χ3n) is 17.0. The molecule has 0 radical (unpaired) electrons. The Balaban J connectivity index is 0.00000168. The lowest BCUT2D eigenvalue weighted by molar-refractivity contribution is 0.0647. The van der Waals surface area contributed by atoms with Crippen LogP contribution in [0.3, 0.4) is 0 Å². The fourth-order valence-electron chi connectivity index (χ4n) is 11.0. The molecule has 576 valence electrons. The number of nitrogens with one attached hydrogen (secondary N) is 6. The molecule has 0 bridgehead atoms. The van der Waals surface area contributed by atoms with Crippen molar-refractivity contribution in [2.75, 3.05) is 91.1 Å². The summed E-state index contributed by atoms with van der Waals surface area (Å²) in [4.78, 5) is 119. The van der Waals surface area contributed by atoms with Crippen molar-refractivity contribution in [3.8, 4) is 35.5 Å². The van der Waals surface area contributed by atoms with Crippen molar-refractivity contribution >= 4 is 93.8 Å². The number of aromatic nitrogens is 6. The van der Waals surface area contributed by atoms with E-state index in [-0.39, 0.29) is 53.2 Å². The molecular formula is C82H109N17O9. The van der Waals surface area contributed by atoms with E-state index in [1.54, 1.807) is 91.4 Å². The summed E-state index contributed by atoms with van der Waals surface area (Å²) >= 11 is 0. The van der Waals surface area contributed by atoms with Crippen molar-refractivity contribution in [3.63, 3.8) is 0 Å². The smallest absolute Gasteiger partial charge is 0.336 e. The van der Waals surface area contributed by atoms with E-state index in [1.165, 1.54) is 29.2 Å². The Labute approximate surface area is 642 Å². The predicted molar refractivity (Wildman–Crippen MR) is 438 cm³/mol. The van der Waals surface area contributed by atoms with Crippen LogP contribution in [0.2, 0.25) is 0 Å². The third kappa shape index (κ3) is 23.4. The van der Waals surface area contributed by atoms with Gasteiger partial charge in [-0.15, -0.1) is 0 Å². The fourth-order valence-corrected chi connectivity index (χ4v) is 11.0. The highest BCUT2D eigenvalue weighted by atomic mass is 16.4. The summed E-state index contributed by atoms with van der Waals surface area (Å²) in [6, 6.07) is 34.5. The summed E-state index contributed by atoms with van der Waals surface area (Å²) in [5.74, 6) is 19.2. The van der Waals surface area contributed by atoms with Crippen molar-refractivity contribution in [2.45, 2.75) is 116 Å². The molecule has 3 aliphatic rings. The molecule has 2 fully saturated rings. The molecule has 2 aliphatic carbocycles. The van der Waals surface area contributed by atoms with Crippen molar-refractivity contribution in [2.24, 2.45) is 5.73 Å². The number of aromatic carboxylic acids is 2. The Kier molecular flexibility index (Phi) is 29.4. The summed E-state index contributed by atoms with van der Waals surface area (Å²) in [7, 11) is 5.90. The first-order chi connectivity index (χ1) is 52.3. The highest BCUT2D eigenvalue weighted by Crippen LogP contribution is 2.28. The summed E-state index contributed by atoms with van der Waals surface area (Å²) in [6.07, 6.45) is 16.0. The summed E-state index contributed by atoms with van der Waals surface area (Å²) < 4.78 is 0. The minimum atomic E-state index is -1.15. The Morgan fingerprint density at radius 1 is 0.491 bits per heavy atom. The number of benzene rings is 5. The van der Waals surface area contributed by atoms with Crippen molar-refractivity contribution < 1.29 is 56.6 Å². The number of carboxylic acids is 2. The molecule has 0 saturated heterocycles. The maximum absolute atomic E-state index is 12.5. The topological polar surface area (TPSA) is 348 Å². The second kappa shape index (κ2) is 40.0. The Bertz CT molecular complexity index is 4700. The number of nitrogens with two attached hydrogens (primary N) is 1. The van der Waals surface area contributed by atoms with Gasteiger partial charge in [0.15, 0.2) is 0 Å². The Morgan fingerprint density at radius 2 is 0.861 bits per heavy atom. The van der Waals surface area contributed by atoms with Gasteiger partial charge in [-0.3, -0.25) is 28.9 Å². The van der Waals surface area contributed by atoms with Crippen LogP contribution in [0.5, 0.6) is 0 Å². The molecular weight excluding hydrogens is 1370 g/mol. The number of carboxylic acid groups (broad SMARTS) is 2. The van der Waals surface area contributed by atoms with E-state index in [0.717, 1.165) is 100 Å². The van der Waals surface area contributed by atoms with E-state index in [1.807, 2.05) is 55.2 Å². The molecule has 26 heteroatoms. The summed E-state index contributed by atoms with van der Waals surface area (Å²) in [6.45, 7) is 10.0. The standard InChI is InChI=1S/C31H32N6O3.C28H29N5O5.C23H30N6O.9H2/c1-3-18-36(2)27-22(9-5-4-8-19-37-29(39)25-10-6-7-11-26(25)30(37)40)20-32-31(35-27)34-24-14-12-21(13-15-24)28(38)33-23-16-17-23;1-3-17-33(2)24-20(18-30-28(32-24)31-21-14-12-19(13-15-21)26(35)36)9-5-4-8-16-29-25(34)22-10-6-7-11-23(22)27(37)38;1-3-15-29(2)21-18(7-5-4-6-14-24)16-25-23(28-21)27-20-10-8-17(9-11-20)22(30)26-19-12-13-19;;;;;;;;;/h6-7,10-15,20,23H,3-4,8,16-19H2,1-2H3,(H,33,38)(H,32,34,35);6-7,10-15,18H,3-4,8,16-17H2,1-2H3,(H,29,34)(H,35,36)(H,37,38)(H,30,31,32);8-11,16,19H,3-4,6,12-15,24H2,1-2H3,(H,26,30)(H,25,27,28);9*1H. The van der Waals surface area contributed by atoms with Crippen LogP contribution in [0.25, 0.3) is 0 Å². The first kappa shape index (κ1) is 79.4. The monoisotopic (exact) mass is 1480 g/mol. The van der Waals surface area contributed by atoms with E-state index in [4.69, 9.17) is 15.8 Å². The number of hydrogen-bond acceptors (Lipinski definition) is 20. The van der Waals surface area contributed by atoms with Gasteiger partial charge in [0.2, 0.25) is 17.8 Å². The average Bonchev–Trinajstić information content (AvgIpc) is 1.64. The average molecular weight is 1480 g/mol. The molecule has 3 aromatic heterocycles. The highest BCUT2D eigenvalue weighted by Gasteiger charge is 2.34. The quantitative estimate of drug-likeness (QED) is 0.0115. The molecule has 10 N–H and O–H groups in total. The molecule has 108 heavy (non-hydrogen) atoms. The number of amides is 5. The van der Waals surface area contributed by atoms with Gasteiger partial charge in [-0.1, -0.05) is 80.6 Å². The second-order valence-electron chi connectivity index (χ2n) is 25.9. The fraction of sp³-hybridized carbons (Fsp3) is 0.329. The number of rotatable bonds is 30. The van der Waals surface area contributed by atoms with Crippen molar-refractivity contribution in [1.82, 2.24) is 50.8 Å². The number of nitrogens with zero attached hydrogens (tertiary/aromatic N) is 10. The largest absolute Gasteiger partial charge is 0.478 e. The molecule has 0 spiro atoms. The van der Waals surface area contributed by atoms with Gasteiger partial charge in [0.05, 0.1) is 63.1 Å². The maximum atomic E-state index is 12.5. The van der Waals surface area contributed by atoms with E-state index >= 15 is 0 Å². The summed E-state index contributed by atoms with van der Waals surface area (Å²) in [5.41, 5.74) is 12.4. The van der Waals surface area contributed by atoms with Gasteiger partial charge in [-0.05, 0) is 168 Å². The lowest BCUT2D eigenvalue weighted by Gasteiger charge is -2.19. The molecule has 2 saturated carbocycles. The molecule has 1 aliphatic heterocycles. The van der Waals surface area contributed by atoms with E-state index < -0.39 is 17.8 Å². The Morgan fingerprint density at radius 3 is 1.23 bits per heavy atom. The van der Waals surface area contributed by atoms with Crippen LogP contribution in [-0.2, 0) is 0 Å². The van der Waals surface area contributed by atoms with Crippen LogP contribution in [0, 0.1) is 35.5 Å². The number of carbonyl (C=O) groups excluding carboxylic acids is 5. The predicted octanol–water partition coefficient (Wildman–Crippen LogP) is 13.7. The van der Waals surface area contributed by atoms with E-state index in [0.29, 0.717) is 126 Å². The van der Waals surface area contributed by atoms with Gasteiger partial charge in [-0.2, -0.15) is 15.0 Å². The number of imide groups is 1. The van der Waals surface area contributed by atoms with Crippen LogP contribution in [0.1, 0.15) is 206 Å². The minimum Gasteiger partial charge on any atom is -0.478 e. The van der Waals surface area contributed by atoms with Crippen molar-refractivity contribution in [1.29, 1.82) is 0 Å². The van der Waals surface area contributed by atoms with Crippen LogP contribution in [0.4, 0.5) is 52.4 Å². The molecule has 5 aromatic carbocycles. The molecule has 26 nitrogen and oxygen atoms in total. The van der Waals surface area contributed by atoms with Gasteiger partial charge in [0.1, 0.15) is 17.5 Å². The second-order valence-corrected chi connectivity index (χ2v) is 25.9. The lowest BCUT2D eigenvalue weighted by Crippen LogP contribution is -2.30. The minimum absolute atomic E-state index is 0. The van der Waals surface area contributed by atoms with E-state index in [2.05, 4.69) is 118 Å². The number of carbonyl (C=O) groups is 7. The zero-order valence-electron chi connectivity index (χ0n) is 61.7. The van der Waals surface area contributed by atoms with Gasteiger partial charge in [0.25, 0.3) is 29.5 Å². The lowest BCUT2D eigenvalue weighted by atomic mass is 10.1. The van der Waals surface area contributed by atoms with Crippen LogP contribution in [-0.4, -0.2) is 159 Å². The Hall–Kier alpha value is -12.7. The third-order valence-corrected chi connectivity index (χ3v) is 17.0. The first-order valence-electron chi connectivity index (χ1n) is 36.3. The zero-order chi connectivity index (χ0) is 76.9. The van der Waals surface area contributed by atoms with Gasteiger partial charge < -0.3 is 62.5 Å². The number of fused-ring (bicyclic) bond motifs is 1. The SMILES string of the molecule is CCCN(C)c1nc(Nc2ccc(C(=O)NC3CC3)cc2)ncc1C#CCCCN.CCCN(C)c1nc(Nc2ccc(C(=O)NC3CC3)cc2)ncc1C#CCCCN1C(=O)c2ccccc2C1=O.CCCN(C)c1nc(Nc2ccc(C(=O)O)cc2)ncc1C#CCCCNC(=O)c1ccccc1C(=O)O.[HH].[HH].[HH].[HH].[HH].[HH].[HH].[HH].[HH]. The number of unbranched alkanes of at least 4 members (excludes halogenated alkanes) is 3.